The topological polar surface area (TPSA) is 0 Å². The fourth-order valence-electron chi connectivity index (χ4n) is 5.34. The van der Waals surface area contributed by atoms with Crippen LogP contribution < -0.4 is 20.9 Å². The van der Waals surface area contributed by atoms with E-state index >= 15 is 0 Å². The highest BCUT2D eigenvalue weighted by Gasteiger charge is 2.33. The molecule has 0 saturated carbocycles. The van der Waals surface area contributed by atoms with E-state index in [-0.39, 0.29) is 0 Å². The molecule has 4 atom stereocenters. The van der Waals surface area contributed by atoms with Crippen molar-refractivity contribution in [2.75, 3.05) is 0 Å². The van der Waals surface area contributed by atoms with Crippen LogP contribution in [-0.4, -0.2) is 0 Å². The SMILES string of the molecule is C1=CC2C=c3ccccc3=C(C3=c4ccccc4=CC4C=CC=CC34)C2C=C1. The predicted octanol–water partition coefficient (Wildman–Crippen LogP) is 2.99. The second kappa shape index (κ2) is 6.21. The van der Waals surface area contributed by atoms with Crippen LogP contribution in [0.5, 0.6) is 0 Å². The van der Waals surface area contributed by atoms with Crippen LogP contribution in [-0.2, 0) is 0 Å². The van der Waals surface area contributed by atoms with Crippen LogP contribution in [0.3, 0.4) is 0 Å². The molecule has 4 aliphatic carbocycles. The van der Waals surface area contributed by atoms with Gasteiger partial charge in [-0.15, -0.1) is 0 Å². The van der Waals surface area contributed by atoms with Crippen molar-refractivity contribution in [3.05, 3.63) is 118 Å². The summed E-state index contributed by atoms with van der Waals surface area (Å²) < 4.78 is 0. The summed E-state index contributed by atoms with van der Waals surface area (Å²) >= 11 is 0. The Morgan fingerprint density at radius 3 is 1.39 bits per heavy atom. The van der Waals surface area contributed by atoms with Gasteiger partial charge in [0.05, 0.1) is 0 Å². The van der Waals surface area contributed by atoms with Gasteiger partial charge in [0.25, 0.3) is 0 Å². The average Bonchev–Trinajstić information content (AvgIpc) is 2.76. The molecule has 2 aromatic carbocycles. The molecule has 0 spiro atoms. The third kappa shape index (κ3) is 2.31. The molecule has 0 aliphatic heterocycles. The minimum absolute atomic E-state index is 0.404. The molecule has 0 N–H and O–H groups in total. The fraction of sp³-hybridized carbons (Fsp3) is 0.143. The van der Waals surface area contributed by atoms with Crippen LogP contribution >= 0.6 is 0 Å². The molecule has 0 fully saturated rings. The summed E-state index contributed by atoms with van der Waals surface area (Å²) in [5, 5.41) is 5.53. The predicted molar refractivity (Wildman–Crippen MR) is 118 cm³/mol. The van der Waals surface area contributed by atoms with Crippen molar-refractivity contribution in [2.45, 2.75) is 0 Å². The van der Waals surface area contributed by atoms with E-state index in [4.69, 9.17) is 0 Å². The monoisotopic (exact) mass is 358 g/mol. The molecular weight excluding hydrogens is 336 g/mol. The highest BCUT2D eigenvalue weighted by molar-refractivity contribution is 5.95. The van der Waals surface area contributed by atoms with Gasteiger partial charge in [-0.05, 0) is 32.0 Å². The van der Waals surface area contributed by atoms with Gasteiger partial charge in [-0.1, -0.05) is 109 Å². The van der Waals surface area contributed by atoms with Crippen molar-refractivity contribution in [2.24, 2.45) is 23.7 Å². The lowest BCUT2D eigenvalue weighted by Gasteiger charge is -2.35. The second-order valence-electron chi connectivity index (χ2n) is 8.08. The number of allylic oxidation sites excluding steroid dienone is 8. The maximum atomic E-state index is 2.44. The molecule has 28 heavy (non-hydrogen) atoms. The summed E-state index contributed by atoms with van der Waals surface area (Å²) in [7, 11) is 0. The number of benzene rings is 2. The molecule has 0 heterocycles. The standard InChI is InChI=1S/C28H22/c1-5-13-23-19(9-1)17-20-10-2-6-14-24(20)27(23)28-25-15-7-3-11-21(25)18-22-12-4-8-16-26(22)28/h1-19,21,23,25H. The van der Waals surface area contributed by atoms with Crippen molar-refractivity contribution in [3.8, 4) is 0 Å². The van der Waals surface area contributed by atoms with Crippen LogP contribution in [0.15, 0.2) is 97.1 Å². The molecular formula is C28H22. The maximum absolute atomic E-state index is 2.44. The Bertz CT molecular complexity index is 1220. The van der Waals surface area contributed by atoms with Crippen molar-refractivity contribution >= 4 is 23.3 Å². The number of rotatable bonds is 1. The lowest BCUT2D eigenvalue weighted by atomic mass is 9.68. The molecule has 0 amide bonds. The minimum atomic E-state index is 0.404. The van der Waals surface area contributed by atoms with Crippen molar-refractivity contribution in [1.82, 2.24) is 0 Å². The molecule has 0 heteroatoms. The van der Waals surface area contributed by atoms with E-state index in [0.717, 1.165) is 0 Å². The summed E-state index contributed by atoms with van der Waals surface area (Å²) in [5.74, 6) is 1.67. The van der Waals surface area contributed by atoms with E-state index < -0.39 is 0 Å². The number of fused-ring (bicyclic) bond motifs is 4. The molecule has 134 valence electrons. The molecule has 0 radical (unpaired) electrons. The first-order valence-electron chi connectivity index (χ1n) is 10.2. The first-order valence-corrected chi connectivity index (χ1v) is 10.2. The van der Waals surface area contributed by atoms with Gasteiger partial charge in [0, 0.05) is 23.7 Å². The number of hydrogen-bond acceptors (Lipinski definition) is 0. The smallest absolute Gasteiger partial charge is 0.0128 e. The lowest BCUT2D eigenvalue weighted by molar-refractivity contribution is 0.671. The molecule has 0 saturated heterocycles. The molecule has 4 unspecified atom stereocenters. The Hall–Kier alpha value is -3.12. The van der Waals surface area contributed by atoms with Gasteiger partial charge < -0.3 is 0 Å². The molecule has 0 bridgehead atoms. The molecule has 4 aliphatic rings. The fourth-order valence-corrected chi connectivity index (χ4v) is 5.34. The molecule has 0 nitrogen and oxygen atoms in total. The van der Waals surface area contributed by atoms with Gasteiger partial charge in [0.15, 0.2) is 0 Å². The van der Waals surface area contributed by atoms with Crippen molar-refractivity contribution in [3.63, 3.8) is 0 Å². The Morgan fingerprint density at radius 2 is 0.893 bits per heavy atom. The highest BCUT2D eigenvalue weighted by Crippen LogP contribution is 2.41. The van der Waals surface area contributed by atoms with E-state index in [1.54, 1.807) is 0 Å². The zero-order chi connectivity index (χ0) is 18.5. The van der Waals surface area contributed by atoms with Gasteiger partial charge in [-0.25, -0.2) is 0 Å². The number of hydrogen-bond donors (Lipinski definition) is 0. The zero-order valence-corrected chi connectivity index (χ0v) is 15.7. The van der Waals surface area contributed by atoms with E-state index in [1.165, 1.54) is 32.0 Å². The van der Waals surface area contributed by atoms with Crippen LogP contribution in [0.1, 0.15) is 0 Å². The first kappa shape index (κ1) is 15.9. The Kier molecular flexibility index (Phi) is 3.52. The summed E-state index contributed by atoms with van der Waals surface area (Å²) in [6, 6.07) is 17.9. The Morgan fingerprint density at radius 1 is 0.464 bits per heavy atom. The summed E-state index contributed by atoms with van der Waals surface area (Å²) in [5.41, 5.74) is 3.03. The van der Waals surface area contributed by atoms with E-state index in [2.05, 4.69) is 109 Å². The summed E-state index contributed by atoms with van der Waals surface area (Å²) in [6.07, 6.45) is 23.2. The van der Waals surface area contributed by atoms with Crippen molar-refractivity contribution in [1.29, 1.82) is 0 Å². The molecule has 6 rings (SSSR count). The Balaban J connectivity index is 1.78. The van der Waals surface area contributed by atoms with Gasteiger partial charge in [-0.3, -0.25) is 0 Å². The van der Waals surface area contributed by atoms with E-state index in [1.807, 2.05) is 0 Å². The average molecular weight is 358 g/mol. The highest BCUT2D eigenvalue weighted by atomic mass is 14.4. The summed E-state index contributed by atoms with van der Waals surface area (Å²) in [4.78, 5) is 0. The quantitative estimate of drug-likeness (QED) is 0.735. The molecule has 0 aromatic heterocycles. The van der Waals surface area contributed by atoms with Crippen LogP contribution in [0.4, 0.5) is 0 Å². The third-order valence-corrected chi connectivity index (χ3v) is 6.56. The van der Waals surface area contributed by atoms with Crippen LogP contribution in [0, 0.1) is 23.7 Å². The largest absolute Gasteiger partial charge is 0.0767 e. The minimum Gasteiger partial charge on any atom is -0.0767 e. The lowest BCUT2D eigenvalue weighted by Crippen LogP contribution is -2.43. The zero-order valence-electron chi connectivity index (χ0n) is 15.7. The van der Waals surface area contributed by atoms with Gasteiger partial charge in [-0.2, -0.15) is 0 Å². The third-order valence-electron chi connectivity index (χ3n) is 6.56. The normalized spacial score (nSPS) is 28.6. The summed E-state index contributed by atoms with van der Waals surface area (Å²) in [6.45, 7) is 0. The van der Waals surface area contributed by atoms with Gasteiger partial charge >= 0.3 is 0 Å². The molecule has 2 aromatic rings. The van der Waals surface area contributed by atoms with Gasteiger partial charge in [0.2, 0.25) is 0 Å². The van der Waals surface area contributed by atoms with E-state index in [9.17, 15) is 0 Å². The Labute approximate surface area is 165 Å². The maximum Gasteiger partial charge on any atom is 0.0128 e. The second-order valence-corrected chi connectivity index (χ2v) is 8.08. The van der Waals surface area contributed by atoms with Crippen molar-refractivity contribution < 1.29 is 0 Å². The van der Waals surface area contributed by atoms with Gasteiger partial charge in [0.1, 0.15) is 0 Å². The van der Waals surface area contributed by atoms with Crippen LogP contribution in [0.2, 0.25) is 0 Å². The first-order chi connectivity index (χ1) is 13.9. The van der Waals surface area contributed by atoms with E-state index in [0.29, 0.717) is 23.7 Å². The van der Waals surface area contributed by atoms with Crippen LogP contribution in [0.25, 0.3) is 23.3 Å².